The minimum absolute atomic E-state index is 0. The molecule has 7 heteroatoms. The van der Waals surface area contributed by atoms with Crippen LogP contribution in [0, 0.1) is 6.92 Å². The fourth-order valence-electron chi connectivity index (χ4n) is 4.31. The zero-order valence-corrected chi connectivity index (χ0v) is 22.7. The van der Waals surface area contributed by atoms with Crippen LogP contribution in [0.25, 0.3) is 5.69 Å². The van der Waals surface area contributed by atoms with E-state index in [4.69, 9.17) is 0 Å². The Balaban J connectivity index is 0.00000324. The van der Waals surface area contributed by atoms with Crippen LogP contribution in [0.5, 0.6) is 0 Å². The first-order valence-corrected chi connectivity index (χ1v) is 12.1. The molecule has 34 heavy (non-hydrogen) atoms. The van der Waals surface area contributed by atoms with Gasteiger partial charge < -0.3 is 10.6 Å². The first-order chi connectivity index (χ1) is 16.2. The van der Waals surface area contributed by atoms with Crippen molar-refractivity contribution in [3.05, 3.63) is 83.2 Å². The normalized spacial score (nSPS) is 14.1. The molecule has 0 bridgehead atoms. The highest BCUT2D eigenvalue weighted by molar-refractivity contribution is 14.0. The highest BCUT2D eigenvalue weighted by Gasteiger charge is 2.11. The van der Waals surface area contributed by atoms with Crippen molar-refractivity contribution in [3.8, 4) is 5.69 Å². The average Bonchev–Trinajstić information content (AvgIpc) is 3.50. The fraction of sp³-hybridized carbons (Fsp3) is 0.407. The van der Waals surface area contributed by atoms with Crippen LogP contribution < -0.4 is 10.6 Å². The van der Waals surface area contributed by atoms with Crippen LogP contribution in [0.1, 0.15) is 41.6 Å². The van der Waals surface area contributed by atoms with Gasteiger partial charge in [0.15, 0.2) is 5.96 Å². The Morgan fingerprint density at radius 2 is 1.68 bits per heavy atom. The van der Waals surface area contributed by atoms with E-state index in [9.17, 15) is 0 Å². The molecule has 182 valence electrons. The van der Waals surface area contributed by atoms with Crippen LogP contribution in [-0.4, -0.2) is 47.3 Å². The van der Waals surface area contributed by atoms with Gasteiger partial charge in [-0.3, -0.25) is 9.89 Å². The van der Waals surface area contributed by atoms with Crippen molar-refractivity contribution in [3.63, 3.8) is 0 Å². The average molecular weight is 573 g/mol. The number of nitrogens with zero attached hydrogens (tertiary/aromatic N) is 4. The lowest BCUT2D eigenvalue weighted by atomic mass is 10.1. The van der Waals surface area contributed by atoms with Gasteiger partial charge in [-0.2, -0.15) is 5.10 Å². The number of guanidine groups is 1. The number of hydrogen-bond donors (Lipinski definition) is 2. The lowest BCUT2D eigenvalue weighted by Gasteiger charge is -2.15. The van der Waals surface area contributed by atoms with Crippen LogP contribution in [0.3, 0.4) is 0 Å². The monoisotopic (exact) mass is 572 g/mol. The van der Waals surface area contributed by atoms with E-state index in [2.05, 4.69) is 75.1 Å². The summed E-state index contributed by atoms with van der Waals surface area (Å²) in [5, 5.41) is 11.5. The van der Waals surface area contributed by atoms with E-state index >= 15 is 0 Å². The van der Waals surface area contributed by atoms with Crippen molar-refractivity contribution in [1.29, 1.82) is 0 Å². The molecule has 0 aliphatic carbocycles. The Bertz CT molecular complexity index is 1020. The summed E-state index contributed by atoms with van der Waals surface area (Å²) in [6.07, 6.45) is 6.83. The molecule has 1 aromatic heterocycles. The van der Waals surface area contributed by atoms with E-state index in [0.717, 1.165) is 49.8 Å². The maximum absolute atomic E-state index is 4.67. The number of aromatic nitrogens is 2. The molecule has 1 aliphatic heterocycles. The molecular formula is C27H37IN6. The largest absolute Gasteiger partial charge is 0.356 e. The van der Waals surface area contributed by atoms with Gasteiger partial charge >= 0.3 is 0 Å². The number of aliphatic imine (C=N–C) groups is 1. The summed E-state index contributed by atoms with van der Waals surface area (Å²) < 4.78 is 1.97. The second kappa shape index (κ2) is 13.5. The molecule has 0 unspecified atom stereocenters. The van der Waals surface area contributed by atoms with E-state index in [-0.39, 0.29) is 24.0 Å². The van der Waals surface area contributed by atoms with Gasteiger partial charge in [-0.25, -0.2) is 4.68 Å². The van der Waals surface area contributed by atoms with E-state index in [1.54, 1.807) is 0 Å². The van der Waals surface area contributed by atoms with Gasteiger partial charge in [0.25, 0.3) is 0 Å². The highest BCUT2D eigenvalue weighted by Crippen LogP contribution is 2.14. The predicted octanol–water partition coefficient (Wildman–Crippen LogP) is 4.69. The molecule has 0 atom stereocenters. The predicted molar refractivity (Wildman–Crippen MR) is 151 cm³/mol. The van der Waals surface area contributed by atoms with Crippen molar-refractivity contribution in [2.75, 3.05) is 26.7 Å². The maximum atomic E-state index is 4.67. The van der Waals surface area contributed by atoms with Crippen molar-refractivity contribution >= 4 is 29.9 Å². The topological polar surface area (TPSA) is 57.5 Å². The Morgan fingerprint density at radius 1 is 0.971 bits per heavy atom. The molecule has 1 fully saturated rings. The van der Waals surface area contributed by atoms with Crippen LogP contribution in [0.15, 0.2) is 65.8 Å². The lowest BCUT2D eigenvalue weighted by Crippen LogP contribution is -2.37. The number of benzene rings is 2. The third-order valence-corrected chi connectivity index (χ3v) is 6.25. The standard InChI is InChI=1S/C27H36N6.HI/c1-22-25(21-33(31-22)26-10-4-3-5-11-26)9-8-16-29-27(28-2)30-19-23-12-14-24(15-13-23)20-32-17-6-7-18-32;/h3-5,10-15,21H,6-9,16-20H2,1-2H3,(H2,28,29,30);1H. The van der Waals surface area contributed by atoms with Crippen LogP contribution in [-0.2, 0) is 19.5 Å². The number of likely N-dealkylation sites (tertiary alicyclic amines) is 1. The van der Waals surface area contributed by atoms with Crippen LogP contribution in [0.2, 0.25) is 0 Å². The Labute approximate surface area is 220 Å². The quantitative estimate of drug-likeness (QED) is 0.169. The van der Waals surface area contributed by atoms with E-state index in [1.165, 1.54) is 42.6 Å². The van der Waals surface area contributed by atoms with Gasteiger partial charge in [0.05, 0.1) is 11.4 Å². The second-order valence-corrected chi connectivity index (χ2v) is 8.78. The van der Waals surface area contributed by atoms with Crippen molar-refractivity contribution in [2.45, 2.75) is 45.7 Å². The smallest absolute Gasteiger partial charge is 0.191 e. The van der Waals surface area contributed by atoms with Gasteiger partial charge in [0.1, 0.15) is 0 Å². The SMILES string of the molecule is CN=C(NCCCc1cn(-c2ccccc2)nc1C)NCc1ccc(CN2CCCC2)cc1.I. The molecule has 0 saturated carbocycles. The molecule has 0 radical (unpaired) electrons. The lowest BCUT2D eigenvalue weighted by molar-refractivity contribution is 0.331. The first kappa shape index (κ1) is 26.2. The third-order valence-electron chi connectivity index (χ3n) is 6.25. The van der Waals surface area contributed by atoms with Gasteiger partial charge in [-0.1, -0.05) is 42.5 Å². The molecule has 0 amide bonds. The minimum atomic E-state index is 0. The zero-order valence-electron chi connectivity index (χ0n) is 20.3. The summed E-state index contributed by atoms with van der Waals surface area (Å²) >= 11 is 0. The summed E-state index contributed by atoms with van der Waals surface area (Å²) in [7, 11) is 1.82. The van der Waals surface area contributed by atoms with Gasteiger partial charge in [-0.15, -0.1) is 24.0 Å². The second-order valence-electron chi connectivity index (χ2n) is 8.78. The van der Waals surface area contributed by atoms with E-state index in [1.807, 2.05) is 29.9 Å². The molecule has 0 spiro atoms. The number of rotatable bonds is 9. The van der Waals surface area contributed by atoms with Gasteiger partial charge in [-0.05, 0) is 74.5 Å². The Kier molecular flexibility index (Phi) is 10.4. The summed E-state index contributed by atoms with van der Waals surface area (Å²) in [6, 6.07) is 19.2. The third kappa shape index (κ3) is 7.56. The number of aryl methyl sites for hydroxylation is 2. The summed E-state index contributed by atoms with van der Waals surface area (Å²) in [5.41, 5.74) is 6.15. The molecule has 3 aromatic rings. The Hall–Kier alpha value is -2.39. The molecule has 2 heterocycles. The van der Waals surface area contributed by atoms with Crippen molar-refractivity contribution in [1.82, 2.24) is 25.3 Å². The minimum Gasteiger partial charge on any atom is -0.356 e. The maximum Gasteiger partial charge on any atom is 0.191 e. The number of hydrogen-bond acceptors (Lipinski definition) is 3. The zero-order chi connectivity index (χ0) is 22.9. The van der Waals surface area contributed by atoms with Gasteiger partial charge in [0, 0.05) is 32.9 Å². The van der Waals surface area contributed by atoms with Crippen LogP contribution >= 0.6 is 24.0 Å². The molecule has 2 aromatic carbocycles. The number of para-hydroxylation sites is 1. The van der Waals surface area contributed by atoms with Crippen LogP contribution in [0.4, 0.5) is 0 Å². The van der Waals surface area contributed by atoms with E-state index < -0.39 is 0 Å². The molecule has 2 N–H and O–H groups in total. The summed E-state index contributed by atoms with van der Waals surface area (Å²) in [4.78, 5) is 6.90. The van der Waals surface area contributed by atoms with E-state index in [0.29, 0.717) is 0 Å². The number of nitrogens with one attached hydrogen (secondary N) is 2. The molecule has 6 nitrogen and oxygen atoms in total. The highest BCUT2D eigenvalue weighted by atomic mass is 127. The van der Waals surface area contributed by atoms with Crippen molar-refractivity contribution < 1.29 is 0 Å². The molecule has 4 rings (SSSR count). The van der Waals surface area contributed by atoms with Gasteiger partial charge in [0.2, 0.25) is 0 Å². The number of halogens is 1. The van der Waals surface area contributed by atoms with Crippen molar-refractivity contribution in [2.24, 2.45) is 4.99 Å². The molecule has 1 aliphatic rings. The summed E-state index contributed by atoms with van der Waals surface area (Å²) in [5.74, 6) is 0.841. The summed E-state index contributed by atoms with van der Waals surface area (Å²) in [6.45, 7) is 7.26. The molecule has 1 saturated heterocycles. The Morgan fingerprint density at radius 3 is 2.38 bits per heavy atom. The fourth-order valence-corrected chi connectivity index (χ4v) is 4.31. The molecular weight excluding hydrogens is 535 g/mol. The first-order valence-electron chi connectivity index (χ1n) is 12.1.